The van der Waals surface area contributed by atoms with Gasteiger partial charge >= 0.3 is 0 Å². The van der Waals surface area contributed by atoms with Crippen LogP contribution in [0.25, 0.3) is 11.4 Å². The van der Waals surface area contributed by atoms with Gasteiger partial charge in [-0.2, -0.15) is 0 Å². The molecule has 8 heteroatoms. The zero-order valence-corrected chi connectivity index (χ0v) is 13.5. The lowest BCUT2D eigenvalue weighted by Gasteiger charge is -2.13. The first-order valence-corrected chi connectivity index (χ1v) is 7.69. The van der Waals surface area contributed by atoms with Gasteiger partial charge in [-0.05, 0) is 19.1 Å². The minimum atomic E-state index is -0.502. The highest BCUT2D eigenvalue weighted by Crippen LogP contribution is 2.10. The van der Waals surface area contributed by atoms with Gasteiger partial charge in [0.2, 0.25) is 0 Å². The topological polar surface area (TPSA) is 114 Å². The number of H-pyrrole nitrogens is 1. The molecule has 3 rings (SSSR count). The van der Waals surface area contributed by atoms with Crippen molar-refractivity contribution in [2.24, 2.45) is 0 Å². The standard InChI is InChI=1S/C17H16N6O2/c1-11(7-13-9-19-5-6-20-13)22-16(24)14-10-21-15(23-17(14)25)12-3-2-4-18-8-12/h2-6,8-11H,7H2,1H3,(H,22,24)(H,21,23,25)/t11-/m0/s1. The fraction of sp³-hybridized carbons (Fsp3) is 0.176. The fourth-order valence-corrected chi connectivity index (χ4v) is 2.31. The van der Waals surface area contributed by atoms with Gasteiger partial charge < -0.3 is 10.3 Å². The van der Waals surface area contributed by atoms with Crippen LogP contribution in [0.3, 0.4) is 0 Å². The molecule has 0 aliphatic rings. The van der Waals surface area contributed by atoms with Crippen LogP contribution in [0.4, 0.5) is 0 Å². The van der Waals surface area contributed by atoms with Crippen molar-refractivity contribution in [1.29, 1.82) is 0 Å². The first-order chi connectivity index (χ1) is 12.1. The molecular formula is C17H16N6O2. The summed E-state index contributed by atoms with van der Waals surface area (Å²) in [4.78, 5) is 43.4. The molecule has 3 aromatic rings. The quantitative estimate of drug-likeness (QED) is 0.718. The predicted octanol–water partition coefficient (Wildman–Crippen LogP) is 0.983. The zero-order valence-electron chi connectivity index (χ0n) is 13.5. The molecule has 0 radical (unpaired) electrons. The van der Waals surface area contributed by atoms with Crippen molar-refractivity contribution in [1.82, 2.24) is 30.2 Å². The number of carbonyl (C=O) groups excluding carboxylic acids is 1. The summed E-state index contributed by atoms with van der Waals surface area (Å²) in [6, 6.07) is 3.31. The van der Waals surface area contributed by atoms with Crippen LogP contribution in [0, 0.1) is 0 Å². The molecular weight excluding hydrogens is 320 g/mol. The molecule has 0 fully saturated rings. The van der Waals surface area contributed by atoms with Gasteiger partial charge in [-0.15, -0.1) is 0 Å². The van der Waals surface area contributed by atoms with E-state index in [-0.39, 0.29) is 11.6 Å². The van der Waals surface area contributed by atoms with Gasteiger partial charge in [-0.1, -0.05) is 0 Å². The Morgan fingerprint density at radius 3 is 2.68 bits per heavy atom. The molecule has 3 aromatic heterocycles. The lowest BCUT2D eigenvalue weighted by molar-refractivity contribution is 0.0938. The Kier molecular flexibility index (Phi) is 4.89. The molecule has 0 bridgehead atoms. The average molecular weight is 336 g/mol. The van der Waals surface area contributed by atoms with Crippen LogP contribution in [0.5, 0.6) is 0 Å². The van der Waals surface area contributed by atoms with E-state index in [0.717, 1.165) is 5.69 Å². The van der Waals surface area contributed by atoms with Crippen molar-refractivity contribution in [2.75, 3.05) is 0 Å². The van der Waals surface area contributed by atoms with E-state index in [0.29, 0.717) is 17.8 Å². The second-order valence-corrected chi connectivity index (χ2v) is 5.49. The van der Waals surface area contributed by atoms with Crippen LogP contribution in [0.2, 0.25) is 0 Å². The summed E-state index contributed by atoms with van der Waals surface area (Å²) in [5, 5.41) is 2.77. The lowest BCUT2D eigenvalue weighted by atomic mass is 10.1. The molecule has 0 aromatic carbocycles. The number of rotatable bonds is 5. The molecule has 0 spiro atoms. The van der Waals surface area contributed by atoms with Crippen molar-refractivity contribution in [3.8, 4) is 11.4 Å². The molecule has 0 aliphatic heterocycles. The van der Waals surface area contributed by atoms with Gasteiger partial charge in [-0.3, -0.25) is 24.5 Å². The number of nitrogens with zero attached hydrogens (tertiary/aromatic N) is 4. The Hall–Kier alpha value is -3.42. The summed E-state index contributed by atoms with van der Waals surface area (Å²) in [5.74, 6) is -0.120. The lowest BCUT2D eigenvalue weighted by Crippen LogP contribution is -2.37. The Bertz CT molecular complexity index is 911. The van der Waals surface area contributed by atoms with Gasteiger partial charge in [0.1, 0.15) is 11.4 Å². The molecule has 0 saturated heterocycles. The van der Waals surface area contributed by atoms with Crippen LogP contribution in [-0.2, 0) is 6.42 Å². The van der Waals surface area contributed by atoms with E-state index < -0.39 is 11.5 Å². The number of carbonyl (C=O) groups is 1. The SMILES string of the molecule is C[C@@H](Cc1cnccn1)NC(=O)c1cnc(-c2cccnc2)[nH]c1=O. The van der Waals surface area contributed by atoms with Crippen LogP contribution in [0.15, 0.2) is 54.1 Å². The van der Waals surface area contributed by atoms with E-state index in [1.54, 1.807) is 43.1 Å². The summed E-state index contributed by atoms with van der Waals surface area (Å²) in [6.45, 7) is 1.83. The fourth-order valence-electron chi connectivity index (χ4n) is 2.31. The number of hydrogen-bond donors (Lipinski definition) is 2. The van der Waals surface area contributed by atoms with Gasteiger partial charge in [0.05, 0.1) is 5.69 Å². The second kappa shape index (κ2) is 7.43. The van der Waals surface area contributed by atoms with Gasteiger partial charge in [-0.25, -0.2) is 4.98 Å². The maximum Gasteiger partial charge on any atom is 0.264 e. The summed E-state index contributed by atoms with van der Waals surface area (Å²) in [7, 11) is 0. The van der Waals surface area contributed by atoms with E-state index in [1.165, 1.54) is 6.20 Å². The predicted molar refractivity (Wildman–Crippen MR) is 90.8 cm³/mol. The molecule has 1 atom stereocenters. The van der Waals surface area contributed by atoms with Crippen molar-refractivity contribution in [2.45, 2.75) is 19.4 Å². The van der Waals surface area contributed by atoms with Crippen molar-refractivity contribution in [3.63, 3.8) is 0 Å². The molecule has 0 saturated carbocycles. The smallest absolute Gasteiger partial charge is 0.264 e. The summed E-state index contributed by atoms with van der Waals surface area (Å²) < 4.78 is 0. The maximum absolute atomic E-state index is 12.3. The Balaban J connectivity index is 1.71. The van der Waals surface area contributed by atoms with Crippen molar-refractivity contribution < 1.29 is 4.79 Å². The third-order valence-corrected chi connectivity index (χ3v) is 3.49. The van der Waals surface area contributed by atoms with Gasteiger partial charge in [0.15, 0.2) is 0 Å². The van der Waals surface area contributed by atoms with Crippen LogP contribution in [-0.4, -0.2) is 36.9 Å². The number of aromatic nitrogens is 5. The van der Waals surface area contributed by atoms with Crippen molar-refractivity contribution >= 4 is 5.91 Å². The highest BCUT2D eigenvalue weighted by Gasteiger charge is 2.15. The summed E-state index contributed by atoms with van der Waals surface area (Å²) in [5.41, 5.74) is 0.883. The van der Waals surface area contributed by atoms with Gasteiger partial charge in [0.25, 0.3) is 11.5 Å². The molecule has 25 heavy (non-hydrogen) atoms. The minimum Gasteiger partial charge on any atom is -0.349 e. The first kappa shape index (κ1) is 16.4. The normalized spacial score (nSPS) is 11.7. The maximum atomic E-state index is 12.3. The number of nitrogens with one attached hydrogen (secondary N) is 2. The Morgan fingerprint density at radius 2 is 2.00 bits per heavy atom. The van der Waals surface area contributed by atoms with Crippen molar-refractivity contribution in [3.05, 3.63) is 70.9 Å². The monoisotopic (exact) mass is 336 g/mol. The average Bonchev–Trinajstić information content (AvgIpc) is 2.63. The Morgan fingerprint density at radius 1 is 1.16 bits per heavy atom. The Labute approximate surface area is 143 Å². The van der Waals surface area contributed by atoms with E-state index in [4.69, 9.17) is 0 Å². The van der Waals surface area contributed by atoms with Crippen LogP contribution in [0.1, 0.15) is 23.0 Å². The molecule has 8 nitrogen and oxygen atoms in total. The number of amides is 1. The third-order valence-electron chi connectivity index (χ3n) is 3.49. The summed E-state index contributed by atoms with van der Waals surface area (Å²) >= 11 is 0. The molecule has 3 heterocycles. The third kappa shape index (κ3) is 4.11. The zero-order chi connectivity index (χ0) is 17.6. The number of hydrogen-bond acceptors (Lipinski definition) is 6. The number of aromatic amines is 1. The highest BCUT2D eigenvalue weighted by molar-refractivity contribution is 5.93. The molecule has 1 amide bonds. The van der Waals surface area contributed by atoms with E-state index in [1.807, 2.05) is 6.92 Å². The largest absolute Gasteiger partial charge is 0.349 e. The molecule has 0 aliphatic carbocycles. The molecule has 0 unspecified atom stereocenters. The molecule has 2 N–H and O–H groups in total. The van der Waals surface area contributed by atoms with Crippen LogP contribution < -0.4 is 10.9 Å². The molecule has 126 valence electrons. The van der Waals surface area contributed by atoms with E-state index in [2.05, 4.69) is 30.2 Å². The number of pyridine rings is 1. The van der Waals surface area contributed by atoms with Gasteiger partial charge in [0, 0.05) is 55.2 Å². The minimum absolute atomic E-state index is 0.0429. The van der Waals surface area contributed by atoms with Crippen LogP contribution >= 0.6 is 0 Å². The van der Waals surface area contributed by atoms with E-state index >= 15 is 0 Å². The summed E-state index contributed by atoms with van der Waals surface area (Å²) in [6.07, 6.45) is 9.81. The second-order valence-electron chi connectivity index (χ2n) is 5.49. The highest BCUT2D eigenvalue weighted by atomic mass is 16.2. The van der Waals surface area contributed by atoms with E-state index in [9.17, 15) is 9.59 Å². The first-order valence-electron chi connectivity index (χ1n) is 7.69.